The van der Waals surface area contributed by atoms with Crippen LogP contribution in [0.2, 0.25) is 0 Å². The van der Waals surface area contributed by atoms with Crippen molar-refractivity contribution in [3.05, 3.63) is 65.5 Å². The van der Waals surface area contributed by atoms with Gasteiger partial charge in [0.2, 0.25) is 0 Å². The molecule has 1 fully saturated rings. The van der Waals surface area contributed by atoms with Crippen molar-refractivity contribution in [3.63, 3.8) is 0 Å². The molecule has 0 aliphatic carbocycles. The van der Waals surface area contributed by atoms with E-state index in [2.05, 4.69) is 41.1 Å². The lowest BCUT2D eigenvalue weighted by Crippen LogP contribution is -2.23. The van der Waals surface area contributed by atoms with Gasteiger partial charge < -0.3 is 5.11 Å². The number of carboxylic acids is 1. The fourth-order valence-electron chi connectivity index (χ4n) is 3.15. The van der Waals surface area contributed by atoms with Crippen LogP contribution in [0.25, 0.3) is 0 Å². The zero-order valence-corrected chi connectivity index (χ0v) is 12.6. The summed E-state index contributed by atoms with van der Waals surface area (Å²) in [5.74, 6) is -1.08. The lowest BCUT2D eigenvalue weighted by Gasteiger charge is -2.16. The third-order valence-corrected chi connectivity index (χ3v) is 4.35. The first-order valence-corrected chi connectivity index (χ1v) is 7.54. The predicted octanol–water partition coefficient (Wildman–Crippen LogP) is 2.69. The molecule has 1 aromatic carbocycles. The molecule has 2 unspecified atom stereocenters. The van der Waals surface area contributed by atoms with Crippen molar-refractivity contribution in [2.75, 3.05) is 13.1 Å². The maximum Gasteiger partial charge on any atom is 0.308 e. The van der Waals surface area contributed by atoms with Gasteiger partial charge in [-0.05, 0) is 24.1 Å². The second kappa shape index (κ2) is 6.28. The summed E-state index contributed by atoms with van der Waals surface area (Å²) in [6.07, 6.45) is 3.51. The number of hydrogen-bond acceptors (Lipinski definition) is 3. The van der Waals surface area contributed by atoms with Gasteiger partial charge in [-0.2, -0.15) is 0 Å². The van der Waals surface area contributed by atoms with Gasteiger partial charge in [0.05, 0.1) is 5.92 Å². The number of aromatic nitrogens is 1. The van der Waals surface area contributed by atoms with Gasteiger partial charge in [0.15, 0.2) is 0 Å². The van der Waals surface area contributed by atoms with Gasteiger partial charge in [0.25, 0.3) is 0 Å². The van der Waals surface area contributed by atoms with Gasteiger partial charge in [-0.15, -0.1) is 0 Å². The Labute approximate surface area is 130 Å². The molecule has 0 spiro atoms. The Morgan fingerprint density at radius 2 is 2.05 bits per heavy atom. The van der Waals surface area contributed by atoms with Crippen LogP contribution in [0.1, 0.15) is 22.6 Å². The minimum absolute atomic E-state index is 0.0108. The molecule has 22 heavy (non-hydrogen) atoms. The fraction of sp³-hybridized carbons (Fsp3) is 0.333. The molecule has 0 radical (unpaired) electrons. The minimum atomic E-state index is -0.722. The molecule has 1 saturated heterocycles. The zero-order chi connectivity index (χ0) is 15.5. The first kappa shape index (κ1) is 14.7. The Morgan fingerprint density at radius 3 is 2.68 bits per heavy atom. The van der Waals surface area contributed by atoms with Crippen molar-refractivity contribution in [3.8, 4) is 0 Å². The van der Waals surface area contributed by atoms with E-state index in [4.69, 9.17) is 0 Å². The summed E-state index contributed by atoms with van der Waals surface area (Å²) in [7, 11) is 0. The number of aliphatic carboxylic acids is 1. The Morgan fingerprint density at radius 1 is 1.27 bits per heavy atom. The molecule has 1 aliphatic rings. The number of benzene rings is 1. The highest BCUT2D eigenvalue weighted by Crippen LogP contribution is 2.33. The van der Waals surface area contributed by atoms with E-state index in [1.807, 2.05) is 12.1 Å². The second-order valence-electron chi connectivity index (χ2n) is 6.02. The van der Waals surface area contributed by atoms with Crippen LogP contribution in [0.15, 0.2) is 48.8 Å². The van der Waals surface area contributed by atoms with Gasteiger partial charge in [-0.25, -0.2) is 0 Å². The summed E-state index contributed by atoms with van der Waals surface area (Å²) >= 11 is 0. The number of pyridine rings is 1. The summed E-state index contributed by atoms with van der Waals surface area (Å²) < 4.78 is 0. The Balaban J connectivity index is 1.76. The van der Waals surface area contributed by atoms with E-state index in [-0.39, 0.29) is 11.8 Å². The summed E-state index contributed by atoms with van der Waals surface area (Å²) in [5.41, 5.74) is 3.48. The van der Waals surface area contributed by atoms with Gasteiger partial charge in [-0.1, -0.05) is 35.9 Å². The number of carbonyl (C=O) groups is 1. The van der Waals surface area contributed by atoms with Crippen LogP contribution in [0.3, 0.4) is 0 Å². The SMILES string of the molecule is Cc1ccc(CN2CC(C(=O)O)C(c3cccnc3)C2)cc1. The third-order valence-electron chi connectivity index (χ3n) is 4.35. The molecule has 2 atom stereocenters. The van der Waals surface area contributed by atoms with Gasteiger partial charge in [0, 0.05) is 37.9 Å². The van der Waals surface area contributed by atoms with Crippen LogP contribution in [0.5, 0.6) is 0 Å². The molecular formula is C18H20N2O2. The summed E-state index contributed by atoms with van der Waals surface area (Å²) in [6.45, 7) is 4.21. The normalized spacial score (nSPS) is 21.9. The maximum atomic E-state index is 11.6. The number of likely N-dealkylation sites (tertiary alicyclic amines) is 1. The molecule has 1 aliphatic heterocycles. The van der Waals surface area contributed by atoms with Crippen LogP contribution in [-0.2, 0) is 11.3 Å². The molecule has 4 nitrogen and oxygen atoms in total. The monoisotopic (exact) mass is 296 g/mol. The predicted molar refractivity (Wildman–Crippen MR) is 84.6 cm³/mol. The Hall–Kier alpha value is -2.20. The lowest BCUT2D eigenvalue weighted by molar-refractivity contribution is -0.141. The molecule has 1 aromatic heterocycles. The van der Waals surface area contributed by atoms with E-state index < -0.39 is 5.97 Å². The topological polar surface area (TPSA) is 53.4 Å². The number of carboxylic acid groups (broad SMARTS) is 1. The van der Waals surface area contributed by atoms with Crippen LogP contribution in [0, 0.1) is 12.8 Å². The molecule has 114 valence electrons. The molecule has 0 saturated carbocycles. The number of nitrogens with zero attached hydrogens (tertiary/aromatic N) is 2. The highest BCUT2D eigenvalue weighted by atomic mass is 16.4. The van der Waals surface area contributed by atoms with Crippen LogP contribution >= 0.6 is 0 Å². The molecule has 1 N–H and O–H groups in total. The van der Waals surface area contributed by atoms with Crippen LogP contribution in [0.4, 0.5) is 0 Å². The van der Waals surface area contributed by atoms with Gasteiger partial charge >= 0.3 is 5.97 Å². The maximum absolute atomic E-state index is 11.6. The zero-order valence-electron chi connectivity index (χ0n) is 12.6. The van der Waals surface area contributed by atoms with E-state index in [1.54, 1.807) is 12.4 Å². The van der Waals surface area contributed by atoms with Crippen molar-refractivity contribution in [2.45, 2.75) is 19.4 Å². The molecule has 0 amide bonds. The van der Waals surface area contributed by atoms with Crippen molar-refractivity contribution < 1.29 is 9.90 Å². The number of rotatable bonds is 4. The third kappa shape index (κ3) is 3.17. The largest absolute Gasteiger partial charge is 0.481 e. The van der Waals surface area contributed by atoms with Crippen molar-refractivity contribution >= 4 is 5.97 Å². The Bertz CT molecular complexity index is 640. The number of aryl methyl sites for hydroxylation is 1. The van der Waals surface area contributed by atoms with Crippen LogP contribution < -0.4 is 0 Å². The fourth-order valence-corrected chi connectivity index (χ4v) is 3.15. The molecule has 3 rings (SSSR count). The molecule has 2 heterocycles. The highest BCUT2D eigenvalue weighted by molar-refractivity contribution is 5.72. The summed E-state index contributed by atoms with van der Waals surface area (Å²) in [4.78, 5) is 17.9. The van der Waals surface area contributed by atoms with Gasteiger partial charge in [-0.3, -0.25) is 14.7 Å². The first-order valence-electron chi connectivity index (χ1n) is 7.54. The van der Waals surface area contributed by atoms with Crippen LogP contribution in [-0.4, -0.2) is 34.0 Å². The van der Waals surface area contributed by atoms with Crippen molar-refractivity contribution in [2.24, 2.45) is 5.92 Å². The molecule has 2 aromatic rings. The van der Waals surface area contributed by atoms with Gasteiger partial charge in [0.1, 0.15) is 0 Å². The summed E-state index contributed by atoms with van der Waals surface area (Å²) in [5, 5.41) is 9.52. The van der Waals surface area contributed by atoms with Crippen molar-refractivity contribution in [1.82, 2.24) is 9.88 Å². The smallest absolute Gasteiger partial charge is 0.308 e. The minimum Gasteiger partial charge on any atom is -0.481 e. The molecule has 0 bridgehead atoms. The van der Waals surface area contributed by atoms with Crippen molar-refractivity contribution in [1.29, 1.82) is 0 Å². The lowest BCUT2D eigenvalue weighted by atomic mass is 9.90. The Kier molecular flexibility index (Phi) is 4.20. The highest BCUT2D eigenvalue weighted by Gasteiger charge is 2.38. The van der Waals surface area contributed by atoms with E-state index in [0.29, 0.717) is 6.54 Å². The first-order chi connectivity index (χ1) is 10.6. The second-order valence-corrected chi connectivity index (χ2v) is 6.02. The van der Waals surface area contributed by atoms with E-state index in [0.717, 1.165) is 18.7 Å². The average molecular weight is 296 g/mol. The van der Waals surface area contributed by atoms with E-state index in [1.165, 1.54) is 11.1 Å². The standard InChI is InChI=1S/C18H20N2O2/c1-13-4-6-14(7-5-13)10-20-11-16(17(12-20)18(21)22)15-3-2-8-19-9-15/h2-9,16-17H,10-12H2,1H3,(H,21,22). The van der Waals surface area contributed by atoms with E-state index in [9.17, 15) is 9.90 Å². The number of hydrogen-bond donors (Lipinski definition) is 1. The quantitative estimate of drug-likeness (QED) is 0.942. The molecule has 4 heteroatoms. The van der Waals surface area contributed by atoms with E-state index >= 15 is 0 Å². The summed E-state index contributed by atoms with van der Waals surface area (Å²) in [6, 6.07) is 12.3. The average Bonchev–Trinajstić information content (AvgIpc) is 2.95. The molecular weight excluding hydrogens is 276 g/mol.